The zero-order valence-corrected chi connectivity index (χ0v) is 8.98. The van der Waals surface area contributed by atoms with Gasteiger partial charge in [-0.15, -0.1) is 0 Å². The standard InChI is InChI=1S/C9H20O2S/c1-9(2)3-4-10-5-6-11-7-8-12/h9,12H,3-8H2,1-2H3. The zero-order valence-electron chi connectivity index (χ0n) is 8.08. The van der Waals surface area contributed by atoms with Crippen molar-refractivity contribution in [3.63, 3.8) is 0 Å². The van der Waals surface area contributed by atoms with Gasteiger partial charge in [0.05, 0.1) is 19.8 Å². The molecule has 0 aliphatic carbocycles. The van der Waals surface area contributed by atoms with E-state index in [-0.39, 0.29) is 0 Å². The highest BCUT2D eigenvalue weighted by molar-refractivity contribution is 7.80. The molecule has 0 aromatic rings. The van der Waals surface area contributed by atoms with E-state index in [2.05, 4.69) is 26.5 Å². The predicted molar refractivity (Wildman–Crippen MR) is 54.9 cm³/mol. The van der Waals surface area contributed by atoms with E-state index in [0.29, 0.717) is 13.2 Å². The van der Waals surface area contributed by atoms with Crippen LogP contribution in [-0.2, 0) is 9.47 Å². The largest absolute Gasteiger partial charge is 0.379 e. The quantitative estimate of drug-likeness (QED) is 0.468. The molecule has 12 heavy (non-hydrogen) atoms. The molecule has 3 heteroatoms. The third-order valence-corrected chi connectivity index (χ3v) is 1.63. The van der Waals surface area contributed by atoms with E-state index in [1.165, 1.54) is 0 Å². The Morgan fingerprint density at radius 1 is 1.00 bits per heavy atom. The van der Waals surface area contributed by atoms with Crippen LogP contribution in [0.5, 0.6) is 0 Å². The maximum Gasteiger partial charge on any atom is 0.0700 e. The second-order valence-corrected chi connectivity index (χ2v) is 3.58. The Labute approximate surface area is 81.0 Å². The maximum atomic E-state index is 5.34. The van der Waals surface area contributed by atoms with Crippen molar-refractivity contribution in [3.8, 4) is 0 Å². The first kappa shape index (κ1) is 12.3. The van der Waals surface area contributed by atoms with Crippen LogP contribution in [0.3, 0.4) is 0 Å². The lowest BCUT2D eigenvalue weighted by Gasteiger charge is -2.06. The van der Waals surface area contributed by atoms with E-state index < -0.39 is 0 Å². The molecule has 0 unspecified atom stereocenters. The van der Waals surface area contributed by atoms with Gasteiger partial charge in [0.1, 0.15) is 0 Å². The minimum absolute atomic E-state index is 0.693. The molecule has 0 rings (SSSR count). The minimum atomic E-state index is 0.693. The summed E-state index contributed by atoms with van der Waals surface area (Å²) in [6, 6.07) is 0. The normalized spacial score (nSPS) is 11.0. The molecule has 0 fully saturated rings. The Bertz CT molecular complexity index is 86.6. The van der Waals surface area contributed by atoms with Gasteiger partial charge in [0.15, 0.2) is 0 Å². The topological polar surface area (TPSA) is 18.5 Å². The van der Waals surface area contributed by atoms with Crippen LogP contribution in [0.4, 0.5) is 0 Å². The van der Waals surface area contributed by atoms with Crippen LogP contribution in [0, 0.1) is 5.92 Å². The first-order valence-electron chi connectivity index (χ1n) is 4.53. The molecule has 0 aliphatic heterocycles. The van der Waals surface area contributed by atoms with Gasteiger partial charge in [-0.1, -0.05) is 13.8 Å². The highest BCUT2D eigenvalue weighted by Crippen LogP contribution is 1.98. The van der Waals surface area contributed by atoms with E-state index in [1.54, 1.807) is 0 Å². The molecule has 0 aliphatic rings. The van der Waals surface area contributed by atoms with Crippen LogP contribution in [0.1, 0.15) is 20.3 Å². The second-order valence-electron chi connectivity index (χ2n) is 3.13. The average molecular weight is 192 g/mol. The molecular formula is C9H20O2S. The Balaban J connectivity index is 2.82. The van der Waals surface area contributed by atoms with Crippen molar-refractivity contribution >= 4 is 12.6 Å². The summed E-state index contributed by atoms with van der Waals surface area (Å²) in [6.07, 6.45) is 1.13. The fraction of sp³-hybridized carbons (Fsp3) is 1.00. The summed E-state index contributed by atoms with van der Waals surface area (Å²) in [7, 11) is 0. The average Bonchev–Trinajstić information content (AvgIpc) is 2.02. The molecule has 0 amide bonds. The molecular weight excluding hydrogens is 172 g/mol. The molecule has 2 nitrogen and oxygen atoms in total. The lowest BCUT2D eigenvalue weighted by Crippen LogP contribution is -2.07. The molecule has 0 spiro atoms. The van der Waals surface area contributed by atoms with Gasteiger partial charge < -0.3 is 9.47 Å². The highest BCUT2D eigenvalue weighted by Gasteiger charge is 1.93. The number of thiol groups is 1. The number of hydrogen-bond acceptors (Lipinski definition) is 3. The second kappa shape index (κ2) is 9.36. The van der Waals surface area contributed by atoms with Crippen molar-refractivity contribution in [1.82, 2.24) is 0 Å². The first-order valence-corrected chi connectivity index (χ1v) is 5.17. The number of hydrogen-bond donors (Lipinski definition) is 1. The van der Waals surface area contributed by atoms with E-state index >= 15 is 0 Å². The summed E-state index contributed by atoms with van der Waals surface area (Å²) in [4.78, 5) is 0. The Hall–Kier alpha value is 0.270. The summed E-state index contributed by atoms with van der Waals surface area (Å²) >= 11 is 4.03. The monoisotopic (exact) mass is 192 g/mol. The Kier molecular flexibility index (Phi) is 9.57. The van der Waals surface area contributed by atoms with Crippen LogP contribution >= 0.6 is 12.6 Å². The zero-order chi connectivity index (χ0) is 9.23. The molecule has 0 N–H and O–H groups in total. The summed E-state index contributed by atoms with van der Waals surface area (Å²) in [6.45, 7) is 7.36. The van der Waals surface area contributed by atoms with Crippen LogP contribution in [-0.4, -0.2) is 32.2 Å². The van der Waals surface area contributed by atoms with Gasteiger partial charge in [-0.2, -0.15) is 12.6 Å². The minimum Gasteiger partial charge on any atom is -0.379 e. The molecule has 0 aromatic carbocycles. The number of ether oxygens (including phenoxy) is 2. The summed E-state index contributed by atoms with van der Waals surface area (Å²) in [5.41, 5.74) is 0. The van der Waals surface area contributed by atoms with Crippen LogP contribution in [0.2, 0.25) is 0 Å². The molecule has 0 radical (unpaired) electrons. The fourth-order valence-corrected chi connectivity index (χ4v) is 0.835. The third-order valence-electron chi connectivity index (χ3n) is 1.45. The third kappa shape index (κ3) is 10.3. The van der Waals surface area contributed by atoms with Gasteiger partial charge in [0.2, 0.25) is 0 Å². The van der Waals surface area contributed by atoms with Gasteiger partial charge in [-0.05, 0) is 12.3 Å². The lowest BCUT2D eigenvalue weighted by molar-refractivity contribution is 0.0498. The van der Waals surface area contributed by atoms with Crippen molar-refractivity contribution in [3.05, 3.63) is 0 Å². The van der Waals surface area contributed by atoms with E-state index in [0.717, 1.165) is 31.3 Å². The van der Waals surface area contributed by atoms with Crippen LogP contribution < -0.4 is 0 Å². The van der Waals surface area contributed by atoms with E-state index in [1.807, 2.05) is 0 Å². The van der Waals surface area contributed by atoms with Crippen molar-refractivity contribution in [2.24, 2.45) is 5.92 Å². The van der Waals surface area contributed by atoms with E-state index in [4.69, 9.17) is 9.47 Å². The van der Waals surface area contributed by atoms with Crippen molar-refractivity contribution < 1.29 is 9.47 Å². The summed E-state index contributed by atoms with van der Waals surface area (Å²) in [5.74, 6) is 1.51. The fourth-order valence-electron chi connectivity index (χ4n) is 0.706. The summed E-state index contributed by atoms with van der Waals surface area (Å²) < 4.78 is 10.5. The van der Waals surface area contributed by atoms with Gasteiger partial charge in [0, 0.05) is 12.4 Å². The molecule has 0 bridgehead atoms. The van der Waals surface area contributed by atoms with Gasteiger partial charge in [-0.25, -0.2) is 0 Å². The van der Waals surface area contributed by atoms with Crippen LogP contribution in [0.25, 0.3) is 0 Å². The molecule has 0 atom stereocenters. The molecule has 0 aromatic heterocycles. The first-order chi connectivity index (χ1) is 5.77. The molecule has 0 heterocycles. The van der Waals surface area contributed by atoms with E-state index in [9.17, 15) is 0 Å². The van der Waals surface area contributed by atoms with Gasteiger partial charge in [0.25, 0.3) is 0 Å². The van der Waals surface area contributed by atoms with Gasteiger partial charge in [-0.3, -0.25) is 0 Å². The number of rotatable bonds is 8. The Morgan fingerprint density at radius 3 is 2.08 bits per heavy atom. The Morgan fingerprint density at radius 2 is 1.58 bits per heavy atom. The summed E-state index contributed by atoms with van der Waals surface area (Å²) in [5, 5.41) is 0. The SMILES string of the molecule is CC(C)CCOCCOCCS. The molecule has 0 saturated carbocycles. The predicted octanol–water partition coefficient (Wildman–Crippen LogP) is 2.00. The van der Waals surface area contributed by atoms with Gasteiger partial charge >= 0.3 is 0 Å². The smallest absolute Gasteiger partial charge is 0.0700 e. The molecule has 0 saturated heterocycles. The highest BCUT2D eigenvalue weighted by atomic mass is 32.1. The molecule has 74 valence electrons. The van der Waals surface area contributed by atoms with Crippen LogP contribution in [0.15, 0.2) is 0 Å². The maximum absolute atomic E-state index is 5.34. The van der Waals surface area contributed by atoms with Crippen molar-refractivity contribution in [1.29, 1.82) is 0 Å². The van der Waals surface area contributed by atoms with Crippen molar-refractivity contribution in [2.75, 3.05) is 32.2 Å². The van der Waals surface area contributed by atoms with Crippen molar-refractivity contribution in [2.45, 2.75) is 20.3 Å². The lowest BCUT2D eigenvalue weighted by atomic mass is 10.1.